The van der Waals surface area contributed by atoms with Gasteiger partial charge in [-0.15, -0.1) is 0 Å². The summed E-state index contributed by atoms with van der Waals surface area (Å²) >= 11 is 0. The summed E-state index contributed by atoms with van der Waals surface area (Å²) in [6.45, 7) is 1.70. The Morgan fingerprint density at radius 2 is 2.55 bits per heavy atom. The Morgan fingerprint density at radius 3 is 3.09 bits per heavy atom. The molecule has 1 fully saturated rings. The van der Waals surface area contributed by atoms with Gasteiger partial charge in [0.15, 0.2) is 0 Å². The lowest BCUT2D eigenvalue weighted by Gasteiger charge is -2.18. The van der Waals surface area contributed by atoms with Gasteiger partial charge in [0.2, 0.25) is 5.78 Å². The summed E-state index contributed by atoms with van der Waals surface area (Å²) in [4.78, 5) is 13.8. The monoisotopic (exact) mass is 153 g/mol. The van der Waals surface area contributed by atoms with Crippen LogP contribution in [0.5, 0.6) is 0 Å². The molecule has 1 N–H and O–H groups in total. The molecule has 0 aromatic heterocycles. The molecular weight excluding hydrogens is 142 g/mol. The van der Waals surface area contributed by atoms with E-state index in [-0.39, 0.29) is 11.7 Å². The molecule has 1 atom stereocenters. The molecule has 4 heteroatoms. The maximum absolute atomic E-state index is 11.0. The van der Waals surface area contributed by atoms with Crippen molar-refractivity contribution >= 4 is 12.0 Å². The smallest absolute Gasteiger partial charge is 0.323 e. The van der Waals surface area contributed by atoms with Gasteiger partial charge in [0.05, 0.1) is 0 Å². The molecular formula is C7H11N3O. The molecule has 11 heavy (non-hydrogen) atoms. The molecule has 1 unspecified atom stereocenters. The summed E-state index contributed by atoms with van der Waals surface area (Å²) < 4.78 is 0. The fourth-order valence-electron chi connectivity index (χ4n) is 1.26. The van der Waals surface area contributed by atoms with Gasteiger partial charge in [0.25, 0.3) is 0 Å². The zero-order chi connectivity index (χ0) is 8.10. The summed E-state index contributed by atoms with van der Waals surface area (Å²) in [7, 11) is 0. The van der Waals surface area contributed by atoms with Gasteiger partial charge in [-0.05, 0) is 19.4 Å². The van der Waals surface area contributed by atoms with Crippen molar-refractivity contribution in [1.29, 1.82) is 0 Å². The van der Waals surface area contributed by atoms with Crippen molar-refractivity contribution in [3.63, 3.8) is 0 Å². The first-order chi connectivity index (χ1) is 5.34. The van der Waals surface area contributed by atoms with Gasteiger partial charge in [-0.3, -0.25) is 4.79 Å². The maximum atomic E-state index is 11.0. The van der Waals surface area contributed by atoms with E-state index in [1.165, 1.54) is 0 Å². The van der Waals surface area contributed by atoms with Gasteiger partial charge in [-0.25, -0.2) is 0 Å². The molecule has 0 spiro atoms. The van der Waals surface area contributed by atoms with Crippen LogP contribution in [0.4, 0.5) is 0 Å². The number of Topliss-reactive ketones (excluding diaryl/α,β-unsaturated/α-hetero) is 1. The zero-order valence-electron chi connectivity index (χ0n) is 6.29. The van der Waals surface area contributed by atoms with E-state index in [0.29, 0.717) is 6.54 Å². The van der Waals surface area contributed by atoms with Crippen molar-refractivity contribution in [1.82, 2.24) is 5.32 Å². The minimum Gasteiger partial charge on any atom is -0.361 e. The Hall–Kier alpha value is -0.990. The number of carbonyl (C=O) groups is 1. The van der Waals surface area contributed by atoms with Gasteiger partial charge in [-0.1, -0.05) is 0 Å². The van der Waals surface area contributed by atoms with E-state index in [2.05, 4.69) is 10.1 Å². The fraction of sp³-hybridized carbons (Fsp3) is 0.714. The Bertz CT molecular complexity index is 190. The van der Waals surface area contributed by atoms with Crippen LogP contribution in [0, 0.1) is 5.92 Å². The third kappa shape index (κ3) is 2.26. The highest BCUT2D eigenvalue weighted by molar-refractivity contribution is 6.26. The molecule has 1 aliphatic heterocycles. The third-order valence-electron chi connectivity index (χ3n) is 1.88. The number of nitrogens with one attached hydrogen (secondary N) is 1. The van der Waals surface area contributed by atoms with E-state index in [4.69, 9.17) is 5.53 Å². The van der Waals surface area contributed by atoms with E-state index >= 15 is 0 Å². The summed E-state index contributed by atoms with van der Waals surface area (Å²) in [5.74, 6) is -0.0700. The van der Waals surface area contributed by atoms with E-state index in [1.54, 1.807) is 0 Å². The molecule has 1 heterocycles. The van der Waals surface area contributed by atoms with Gasteiger partial charge in [0, 0.05) is 12.5 Å². The first kappa shape index (κ1) is 8.11. The molecule has 0 amide bonds. The van der Waals surface area contributed by atoms with Crippen molar-refractivity contribution in [3.8, 4) is 0 Å². The minimum atomic E-state index is -0.0836. The van der Waals surface area contributed by atoms with Crippen molar-refractivity contribution in [2.45, 2.75) is 12.8 Å². The Balaban J connectivity index is 2.44. The largest absolute Gasteiger partial charge is 0.361 e. The van der Waals surface area contributed by atoms with Crippen LogP contribution in [0.1, 0.15) is 12.8 Å². The summed E-state index contributed by atoms with van der Waals surface area (Å²) in [5, 5.41) is 3.11. The fourth-order valence-corrected chi connectivity index (χ4v) is 1.26. The molecule has 1 aliphatic rings. The van der Waals surface area contributed by atoms with Crippen LogP contribution < -0.4 is 5.32 Å². The highest BCUT2D eigenvalue weighted by atomic mass is 16.1. The lowest BCUT2D eigenvalue weighted by Crippen LogP contribution is -2.34. The molecule has 0 aliphatic carbocycles. The first-order valence-corrected chi connectivity index (χ1v) is 3.76. The molecule has 60 valence electrons. The van der Waals surface area contributed by atoms with Crippen molar-refractivity contribution < 1.29 is 9.58 Å². The minimum absolute atomic E-state index is 0.0136. The Kier molecular flexibility index (Phi) is 2.95. The summed E-state index contributed by atoms with van der Waals surface area (Å²) in [5.41, 5.74) is 8.10. The average molecular weight is 153 g/mol. The number of piperidine rings is 1. The zero-order valence-corrected chi connectivity index (χ0v) is 6.29. The van der Waals surface area contributed by atoms with Gasteiger partial charge >= 0.3 is 6.21 Å². The molecule has 0 saturated carbocycles. The molecule has 1 rings (SSSR count). The van der Waals surface area contributed by atoms with Crippen LogP contribution in [-0.4, -0.2) is 29.9 Å². The van der Waals surface area contributed by atoms with Crippen LogP contribution in [-0.2, 0) is 4.79 Å². The number of hydrogen-bond acceptors (Lipinski definition) is 2. The second-order valence-electron chi connectivity index (χ2n) is 2.69. The highest BCUT2D eigenvalue weighted by Gasteiger charge is 2.21. The van der Waals surface area contributed by atoms with Gasteiger partial charge in [-0.2, -0.15) is 4.79 Å². The third-order valence-corrected chi connectivity index (χ3v) is 1.88. The van der Waals surface area contributed by atoms with E-state index in [9.17, 15) is 4.79 Å². The van der Waals surface area contributed by atoms with Crippen LogP contribution >= 0.6 is 0 Å². The molecule has 1 saturated heterocycles. The average Bonchev–Trinajstić information content (AvgIpc) is 2.07. The summed E-state index contributed by atoms with van der Waals surface area (Å²) in [6.07, 6.45) is 2.91. The molecule has 4 nitrogen and oxygen atoms in total. The molecule has 0 aromatic carbocycles. The van der Waals surface area contributed by atoms with Crippen molar-refractivity contribution in [3.05, 3.63) is 5.53 Å². The summed E-state index contributed by atoms with van der Waals surface area (Å²) in [6, 6.07) is 0. The van der Waals surface area contributed by atoms with Gasteiger partial charge < -0.3 is 10.8 Å². The lowest BCUT2D eigenvalue weighted by atomic mass is 9.96. The topological polar surface area (TPSA) is 65.5 Å². The van der Waals surface area contributed by atoms with Crippen LogP contribution in [0.3, 0.4) is 0 Å². The van der Waals surface area contributed by atoms with Crippen molar-refractivity contribution in [2.75, 3.05) is 13.1 Å². The quantitative estimate of drug-likeness (QED) is 0.341. The molecule has 0 bridgehead atoms. The van der Waals surface area contributed by atoms with E-state index in [0.717, 1.165) is 25.6 Å². The Labute approximate surface area is 65.2 Å². The number of rotatable bonds is 2. The predicted octanol–water partition coefficient (Wildman–Crippen LogP) is -0.144. The predicted molar refractivity (Wildman–Crippen MR) is 40.3 cm³/mol. The van der Waals surface area contributed by atoms with Gasteiger partial charge in [0.1, 0.15) is 0 Å². The molecule has 0 radical (unpaired) electrons. The van der Waals surface area contributed by atoms with E-state index < -0.39 is 0 Å². The second-order valence-corrected chi connectivity index (χ2v) is 2.69. The van der Waals surface area contributed by atoms with E-state index in [1.807, 2.05) is 0 Å². The highest BCUT2D eigenvalue weighted by Crippen LogP contribution is 2.09. The number of ketones is 1. The van der Waals surface area contributed by atoms with Crippen LogP contribution in [0.25, 0.3) is 5.53 Å². The Morgan fingerprint density at radius 1 is 1.73 bits per heavy atom. The number of carbonyl (C=O) groups excluding carboxylic acids is 1. The van der Waals surface area contributed by atoms with Crippen molar-refractivity contribution in [2.24, 2.45) is 5.92 Å². The normalized spacial score (nSPS) is 23.8. The maximum Gasteiger partial charge on any atom is 0.323 e. The lowest BCUT2D eigenvalue weighted by molar-refractivity contribution is -0.120. The van der Waals surface area contributed by atoms with Crippen LogP contribution in [0.2, 0.25) is 0 Å². The standard InChI is InChI=1S/C7H11N3O/c8-10-5-7(11)6-2-1-3-9-4-6/h5-6,9H,1-4H2. The van der Waals surface area contributed by atoms with Crippen LogP contribution in [0.15, 0.2) is 0 Å². The number of nitrogens with zero attached hydrogens (tertiary/aromatic N) is 2. The SMILES string of the molecule is [N-]=[N+]=CC(=O)C1CCCNC1. The number of hydrogen-bond donors (Lipinski definition) is 1. The first-order valence-electron chi connectivity index (χ1n) is 3.76. The second kappa shape index (κ2) is 4.01. The molecule has 0 aromatic rings.